The topological polar surface area (TPSA) is 102 Å². The van der Waals surface area contributed by atoms with Gasteiger partial charge in [-0.15, -0.1) is 0 Å². The number of carboxylic acids is 1. The van der Waals surface area contributed by atoms with Gasteiger partial charge in [0.2, 0.25) is 0 Å². The molecule has 0 saturated carbocycles. The van der Waals surface area contributed by atoms with Crippen LogP contribution < -0.4 is 11.0 Å². The highest BCUT2D eigenvalue weighted by molar-refractivity contribution is 5.73. The Hall–Kier alpha value is -0.690. The van der Waals surface area contributed by atoms with Gasteiger partial charge in [0.25, 0.3) is 0 Å². The second-order valence-electron chi connectivity index (χ2n) is 2.42. The first-order chi connectivity index (χ1) is 5.72. The van der Waals surface area contributed by atoms with Crippen molar-refractivity contribution in [2.75, 3.05) is 6.54 Å². The lowest BCUT2D eigenvalue weighted by molar-refractivity contribution is -0.142. The second-order valence-corrected chi connectivity index (χ2v) is 2.42. The molecule has 72 valence electrons. The molecule has 0 aliphatic carbocycles. The fraction of sp³-hybridized carbons (Fsp3) is 0.833. The maximum Gasteiger partial charge on any atom is 0.323 e. The average Bonchev–Trinajstić information content (AvgIpc) is 2.04. The molecule has 1 atom stereocenters. The Balaban J connectivity index is 3.38. The fourth-order valence-electron chi connectivity index (χ4n) is 0.796. The lowest BCUT2D eigenvalue weighted by Gasteiger charge is -2.08. The highest BCUT2D eigenvalue weighted by atomic mass is 16.5. The molecule has 12 heavy (non-hydrogen) atoms. The van der Waals surface area contributed by atoms with E-state index in [1.54, 1.807) is 5.48 Å². The quantitative estimate of drug-likeness (QED) is 0.268. The Bertz CT molecular complexity index is 131. The van der Waals surface area contributed by atoms with Crippen LogP contribution in [0.3, 0.4) is 0 Å². The Morgan fingerprint density at radius 2 is 2.00 bits per heavy atom. The van der Waals surface area contributed by atoms with Crippen molar-refractivity contribution in [2.24, 2.45) is 0 Å². The van der Waals surface area contributed by atoms with Crippen LogP contribution in [0.15, 0.2) is 0 Å². The number of rotatable bonds is 7. The number of aliphatic carboxylic acids is 1. The van der Waals surface area contributed by atoms with Gasteiger partial charge in [-0.3, -0.25) is 4.79 Å². The van der Waals surface area contributed by atoms with Crippen LogP contribution >= 0.6 is 0 Å². The molecule has 0 aromatic carbocycles. The molecule has 0 heterocycles. The molecule has 6 nitrogen and oxygen atoms in total. The molecule has 0 radical (unpaired) electrons. The van der Waals surface area contributed by atoms with E-state index in [1.807, 2.05) is 5.48 Å². The van der Waals surface area contributed by atoms with E-state index in [2.05, 4.69) is 0 Å². The smallest absolute Gasteiger partial charge is 0.323 e. The van der Waals surface area contributed by atoms with Gasteiger partial charge in [0.05, 0.1) is 0 Å². The predicted octanol–water partition coefficient (Wildman–Crippen LogP) is -0.432. The van der Waals surface area contributed by atoms with Crippen LogP contribution in [0.1, 0.15) is 19.3 Å². The Kier molecular flexibility index (Phi) is 6.58. The van der Waals surface area contributed by atoms with E-state index in [-0.39, 0.29) is 0 Å². The Morgan fingerprint density at radius 3 is 2.42 bits per heavy atom. The zero-order chi connectivity index (χ0) is 9.40. The molecule has 0 rings (SSSR count). The van der Waals surface area contributed by atoms with Crippen LogP contribution in [-0.4, -0.2) is 34.1 Å². The largest absolute Gasteiger partial charge is 0.480 e. The van der Waals surface area contributed by atoms with Crippen LogP contribution in [0.25, 0.3) is 0 Å². The molecule has 6 heteroatoms. The summed E-state index contributed by atoms with van der Waals surface area (Å²) < 4.78 is 0. The number of carboxylic acid groups (broad SMARTS) is 1. The van der Waals surface area contributed by atoms with Crippen LogP contribution in [0.2, 0.25) is 0 Å². The number of hydrogen-bond acceptors (Lipinski definition) is 5. The summed E-state index contributed by atoms with van der Waals surface area (Å²) in [5.41, 5.74) is 3.65. The Labute approximate surface area is 70.1 Å². The summed E-state index contributed by atoms with van der Waals surface area (Å²) in [5.74, 6) is -1.07. The van der Waals surface area contributed by atoms with Gasteiger partial charge in [0.1, 0.15) is 6.04 Å². The van der Waals surface area contributed by atoms with Gasteiger partial charge in [-0.25, -0.2) is 5.48 Å². The molecular formula is C6H14N2O4. The van der Waals surface area contributed by atoms with Gasteiger partial charge in [0, 0.05) is 6.54 Å². The van der Waals surface area contributed by atoms with Crippen molar-refractivity contribution in [3.05, 3.63) is 0 Å². The number of unbranched alkanes of at least 4 members (excludes halogenated alkanes) is 1. The molecular weight excluding hydrogens is 164 g/mol. The normalized spacial score (nSPS) is 12.8. The minimum absolute atomic E-state index is 0.341. The number of hydrogen-bond donors (Lipinski definition) is 5. The van der Waals surface area contributed by atoms with Crippen molar-refractivity contribution >= 4 is 5.97 Å². The summed E-state index contributed by atoms with van der Waals surface area (Å²) in [6.07, 6.45) is 1.63. The average molecular weight is 178 g/mol. The van der Waals surface area contributed by atoms with Gasteiger partial charge < -0.3 is 15.5 Å². The summed E-state index contributed by atoms with van der Waals surface area (Å²) in [6, 6.07) is -0.913. The van der Waals surface area contributed by atoms with E-state index in [9.17, 15) is 4.79 Å². The SMILES string of the molecule is O=C(O)C(CCCCNO)NO. The van der Waals surface area contributed by atoms with Gasteiger partial charge in [-0.05, 0) is 19.3 Å². The van der Waals surface area contributed by atoms with Crippen molar-refractivity contribution < 1.29 is 20.3 Å². The molecule has 0 fully saturated rings. The summed E-state index contributed by atoms with van der Waals surface area (Å²) in [6.45, 7) is 0.428. The first kappa shape index (κ1) is 11.3. The zero-order valence-corrected chi connectivity index (χ0v) is 6.66. The van der Waals surface area contributed by atoms with E-state index in [0.29, 0.717) is 25.8 Å². The van der Waals surface area contributed by atoms with E-state index < -0.39 is 12.0 Å². The Morgan fingerprint density at radius 1 is 1.33 bits per heavy atom. The van der Waals surface area contributed by atoms with Crippen molar-refractivity contribution in [3.63, 3.8) is 0 Å². The van der Waals surface area contributed by atoms with Crippen molar-refractivity contribution in [2.45, 2.75) is 25.3 Å². The maximum atomic E-state index is 10.3. The minimum atomic E-state index is -1.07. The lowest BCUT2D eigenvalue weighted by atomic mass is 10.1. The van der Waals surface area contributed by atoms with E-state index in [0.717, 1.165) is 0 Å². The zero-order valence-electron chi connectivity index (χ0n) is 6.66. The highest BCUT2D eigenvalue weighted by Gasteiger charge is 2.14. The van der Waals surface area contributed by atoms with Gasteiger partial charge >= 0.3 is 5.97 Å². The molecule has 0 aromatic rings. The van der Waals surface area contributed by atoms with Crippen molar-refractivity contribution in [1.29, 1.82) is 0 Å². The molecule has 0 spiro atoms. The van der Waals surface area contributed by atoms with Crippen molar-refractivity contribution in [1.82, 2.24) is 11.0 Å². The highest BCUT2D eigenvalue weighted by Crippen LogP contribution is 1.99. The molecule has 0 aliphatic heterocycles. The lowest BCUT2D eigenvalue weighted by Crippen LogP contribution is -2.34. The number of nitrogens with one attached hydrogen (secondary N) is 2. The van der Waals surface area contributed by atoms with E-state index in [1.165, 1.54) is 0 Å². The third-order valence-corrected chi connectivity index (χ3v) is 1.49. The molecule has 0 bridgehead atoms. The molecule has 0 aromatic heterocycles. The van der Waals surface area contributed by atoms with Crippen LogP contribution in [0, 0.1) is 0 Å². The first-order valence-corrected chi connectivity index (χ1v) is 3.71. The standard InChI is InChI=1S/C6H14N2O4/c9-6(10)5(8-12)3-1-2-4-7-11/h5,7-8,11-12H,1-4H2,(H,9,10). The van der Waals surface area contributed by atoms with Gasteiger partial charge in [0.15, 0.2) is 0 Å². The summed E-state index contributed by atoms with van der Waals surface area (Å²) >= 11 is 0. The van der Waals surface area contributed by atoms with E-state index in [4.69, 9.17) is 15.5 Å². The van der Waals surface area contributed by atoms with Gasteiger partial charge in [-0.2, -0.15) is 5.48 Å². The summed E-state index contributed by atoms with van der Waals surface area (Å²) in [5, 5.41) is 25.0. The van der Waals surface area contributed by atoms with E-state index >= 15 is 0 Å². The summed E-state index contributed by atoms with van der Waals surface area (Å²) in [4.78, 5) is 10.3. The number of hydroxylamine groups is 2. The molecule has 0 saturated heterocycles. The number of carbonyl (C=O) groups is 1. The molecule has 5 N–H and O–H groups in total. The minimum Gasteiger partial charge on any atom is -0.480 e. The predicted molar refractivity (Wildman–Crippen MR) is 40.0 cm³/mol. The van der Waals surface area contributed by atoms with Crippen LogP contribution in [0.5, 0.6) is 0 Å². The second kappa shape index (κ2) is 6.99. The van der Waals surface area contributed by atoms with Crippen LogP contribution in [-0.2, 0) is 4.79 Å². The first-order valence-electron chi connectivity index (χ1n) is 3.71. The van der Waals surface area contributed by atoms with Crippen LogP contribution in [0.4, 0.5) is 0 Å². The van der Waals surface area contributed by atoms with Gasteiger partial charge in [-0.1, -0.05) is 0 Å². The maximum absolute atomic E-state index is 10.3. The third kappa shape index (κ3) is 5.03. The molecule has 1 unspecified atom stereocenters. The fourth-order valence-corrected chi connectivity index (χ4v) is 0.796. The van der Waals surface area contributed by atoms with Crippen molar-refractivity contribution in [3.8, 4) is 0 Å². The molecule has 0 aliphatic rings. The third-order valence-electron chi connectivity index (χ3n) is 1.49. The molecule has 0 amide bonds. The monoisotopic (exact) mass is 178 g/mol. The summed E-state index contributed by atoms with van der Waals surface area (Å²) in [7, 11) is 0.